The van der Waals surface area contributed by atoms with Gasteiger partial charge in [-0.1, -0.05) is 18.2 Å². The van der Waals surface area contributed by atoms with Gasteiger partial charge in [0, 0.05) is 12.6 Å². The Labute approximate surface area is 157 Å². The summed E-state index contributed by atoms with van der Waals surface area (Å²) in [5, 5.41) is 9.95. The van der Waals surface area contributed by atoms with Crippen LogP contribution in [0.1, 0.15) is 33.4 Å². The number of fused-ring (bicyclic) bond motifs is 1. The highest BCUT2D eigenvalue weighted by molar-refractivity contribution is 6.00. The summed E-state index contributed by atoms with van der Waals surface area (Å²) in [5.74, 6) is -0.971. The van der Waals surface area contributed by atoms with Crippen LogP contribution in [0.15, 0.2) is 36.4 Å². The lowest BCUT2D eigenvalue weighted by molar-refractivity contribution is -0.140. The summed E-state index contributed by atoms with van der Waals surface area (Å²) in [6, 6.07) is 9.43. The summed E-state index contributed by atoms with van der Waals surface area (Å²) in [6.45, 7) is 0. The normalized spacial score (nSPS) is 18.7. The molecule has 0 spiro atoms. The molecule has 7 nitrogen and oxygen atoms in total. The smallest absolute Gasteiger partial charge is 0.313 e. The fraction of sp³-hybridized carbons (Fsp3) is 0.300. The number of hydrogen-bond acceptors (Lipinski definition) is 5. The zero-order chi connectivity index (χ0) is 19.7. The van der Waals surface area contributed by atoms with Crippen molar-refractivity contribution in [2.24, 2.45) is 0 Å². The van der Waals surface area contributed by atoms with Gasteiger partial charge in [-0.3, -0.25) is 9.59 Å². The van der Waals surface area contributed by atoms with E-state index in [1.165, 1.54) is 26.2 Å². The van der Waals surface area contributed by atoms with Gasteiger partial charge in [-0.2, -0.15) is 0 Å². The van der Waals surface area contributed by atoms with E-state index in [0.717, 1.165) is 0 Å². The zero-order valence-corrected chi connectivity index (χ0v) is 15.6. The average molecular weight is 371 g/mol. The zero-order valence-electron chi connectivity index (χ0n) is 15.6. The summed E-state index contributed by atoms with van der Waals surface area (Å²) >= 11 is 0. The molecule has 0 saturated heterocycles. The minimum Gasteiger partial charge on any atom is -0.493 e. The Kier molecular flexibility index (Phi) is 4.94. The Hall–Kier alpha value is -3.22. The third-order valence-corrected chi connectivity index (χ3v) is 4.87. The van der Waals surface area contributed by atoms with E-state index in [9.17, 15) is 14.7 Å². The van der Waals surface area contributed by atoms with Crippen molar-refractivity contribution < 1.29 is 28.9 Å². The summed E-state index contributed by atoms with van der Waals surface area (Å²) in [5.41, 5.74) is 1.48. The Balaban J connectivity index is 2.23. The summed E-state index contributed by atoms with van der Waals surface area (Å²) in [4.78, 5) is 26.5. The third kappa shape index (κ3) is 2.95. The molecule has 0 bridgehead atoms. The van der Waals surface area contributed by atoms with E-state index >= 15 is 0 Å². The van der Waals surface area contributed by atoms with E-state index < -0.39 is 17.9 Å². The van der Waals surface area contributed by atoms with Gasteiger partial charge in [0.2, 0.25) is 5.75 Å². The SMILES string of the molecule is COc1cc([C@H]2[C@@H](C(=O)O)c3ccccc3C(=O)N2C)cc(OC)c1OC. The first-order valence-corrected chi connectivity index (χ1v) is 8.33. The van der Waals surface area contributed by atoms with E-state index in [4.69, 9.17) is 14.2 Å². The fourth-order valence-electron chi connectivity index (χ4n) is 3.63. The highest BCUT2D eigenvalue weighted by atomic mass is 16.5. The van der Waals surface area contributed by atoms with E-state index in [1.54, 1.807) is 43.4 Å². The van der Waals surface area contributed by atoms with Crippen LogP contribution >= 0.6 is 0 Å². The number of carboxylic acids is 1. The maximum Gasteiger partial charge on any atom is 0.313 e. The number of methoxy groups -OCH3 is 3. The van der Waals surface area contributed by atoms with E-state index in [2.05, 4.69) is 0 Å². The largest absolute Gasteiger partial charge is 0.493 e. The molecule has 1 aliphatic rings. The highest BCUT2D eigenvalue weighted by Gasteiger charge is 2.43. The third-order valence-electron chi connectivity index (χ3n) is 4.87. The van der Waals surface area contributed by atoms with Crippen molar-refractivity contribution in [3.63, 3.8) is 0 Å². The molecule has 7 heteroatoms. The molecule has 0 fully saturated rings. The van der Waals surface area contributed by atoms with Crippen molar-refractivity contribution in [2.45, 2.75) is 12.0 Å². The first-order chi connectivity index (χ1) is 12.9. The number of aliphatic carboxylic acids is 1. The number of ether oxygens (including phenoxy) is 3. The molecule has 2 aromatic rings. The Morgan fingerprint density at radius 3 is 2.15 bits per heavy atom. The Morgan fingerprint density at radius 2 is 1.63 bits per heavy atom. The second-order valence-electron chi connectivity index (χ2n) is 6.22. The van der Waals surface area contributed by atoms with Crippen LogP contribution in [0, 0.1) is 0 Å². The number of hydrogen-bond donors (Lipinski definition) is 1. The fourth-order valence-corrected chi connectivity index (χ4v) is 3.63. The van der Waals surface area contributed by atoms with Gasteiger partial charge in [0.25, 0.3) is 5.91 Å². The van der Waals surface area contributed by atoms with Gasteiger partial charge in [0.05, 0.1) is 27.4 Å². The van der Waals surface area contributed by atoms with Gasteiger partial charge in [-0.25, -0.2) is 0 Å². The predicted molar refractivity (Wildman–Crippen MR) is 97.8 cm³/mol. The molecule has 2 atom stereocenters. The van der Waals surface area contributed by atoms with E-state index in [-0.39, 0.29) is 5.91 Å². The van der Waals surface area contributed by atoms with Crippen LogP contribution in [0.4, 0.5) is 0 Å². The monoisotopic (exact) mass is 371 g/mol. The number of carbonyl (C=O) groups is 2. The van der Waals surface area contributed by atoms with Crippen LogP contribution in [0.2, 0.25) is 0 Å². The second-order valence-corrected chi connectivity index (χ2v) is 6.22. The van der Waals surface area contributed by atoms with Gasteiger partial charge in [0.1, 0.15) is 5.92 Å². The lowest BCUT2D eigenvalue weighted by Gasteiger charge is -2.38. The van der Waals surface area contributed by atoms with Crippen molar-refractivity contribution >= 4 is 11.9 Å². The van der Waals surface area contributed by atoms with Crippen LogP contribution < -0.4 is 14.2 Å². The van der Waals surface area contributed by atoms with Crippen molar-refractivity contribution in [3.05, 3.63) is 53.1 Å². The van der Waals surface area contributed by atoms with Gasteiger partial charge in [0.15, 0.2) is 11.5 Å². The number of carbonyl (C=O) groups excluding carboxylic acids is 1. The quantitative estimate of drug-likeness (QED) is 0.870. The molecular weight excluding hydrogens is 350 g/mol. The summed E-state index contributed by atoms with van der Waals surface area (Å²) < 4.78 is 16.1. The van der Waals surface area contributed by atoms with Crippen molar-refractivity contribution in [1.29, 1.82) is 0 Å². The lowest BCUT2D eigenvalue weighted by Crippen LogP contribution is -2.42. The van der Waals surface area contributed by atoms with Gasteiger partial charge in [-0.05, 0) is 29.3 Å². The number of carboxylic acid groups (broad SMARTS) is 1. The second kappa shape index (κ2) is 7.19. The number of rotatable bonds is 5. The van der Waals surface area contributed by atoms with Crippen molar-refractivity contribution in [2.75, 3.05) is 28.4 Å². The van der Waals surface area contributed by atoms with Crippen LogP contribution in [-0.4, -0.2) is 50.3 Å². The molecule has 1 heterocycles. The minimum absolute atomic E-state index is 0.234. The maximum atomic E-state index is 12.8. The molecule has 142 valence electrons. The molecule has 0 radical (unpaired) electrons. The van der Waals surface area contributed by atoms with Gasteiger partial charge < -0.3 is 24.2 Å². The summed E-state index contributed by atoms with van der Waals surface area (Å²) in [6.07, 6.45) is 0. The van der Waals surface area contributed by atoms with E-state index in [1.807, 2.05) is 0 Å². The summed E-state index contributed by atoms with van der Waals surface area (Å²) in [7, 11) is 6.07. The molecule has 27 heavy (non-hydrogen) atoms. The topological polar surface area (TPSA) is 85.3 Å². The van der Waals surface area contributed by atoms with Crippen LogP contribution in [0.5, 0.6) is 17.2 Å². The highest BCUT2D eigenvalue weighted by Crippen LogP contribution is 2.46. The van der Waals surface area contributed by atoms with E-state index in [0.29, 0.717) is 33.9 Å². The maximum absolute atomic E-state index is 12.8. The molecule has 2 aromatic carbocycles. The van der Waals surface area contributed by atoms with Crippen LogP contribution in [-0.2, 0) is 4.79 Å². The molecule has 0 saturated carbocycles. The van der Waals surface area contributed by atoms with Crippen molar-refractivity contribution in [3.8, 4) is 17.2 Å². The molecule has 3 rings (SSSR count). The predicted octanol–water partition coefficient (Wildman–Crippen LogP) is 2.71. The number of likely N-dealkylation sites (N-methyl/N-ethyl adjacent to an activating group) is 1. The van der Waals surface area contributed by atoms with Crippen LogP contribution in [0.3, 0.4) is 0 Å². The Bertz CT molecular complexity index is 869. The number of amides is 1. The molecule has 1 amide bonds. The number of nitrogens with zero attached hydrogens (tertiary/aromatic N) is 1. The minimum atomic E-state index is -1.01. The Morgan fingerprint density at radius 1 is 1.04 bits per heavy atom. The first kappa shape index (κ1) is 18.6. The lowest BCUT2D eigenvalue weighted by atomic mass is 9.80. The first-order valence-electron chi connectivity index (χ1n) is 8.33. The van der Waals surface area contributed by atoms with Gasteiger partial charge >= 0.3 is 5.97 Å². The molecule has 1 N–H and O–H groups in total. The molecule has 0 aliphatic carbocycles. The number of benzene rings is 2. The molecular formula is C20H21NO6. The van der Waals surface area contributed by atoms with Crippen LogP contribution in [0.25, 0.3) is 0 Å². The molecule has 0 aromatic heterocycles. The standard InChI is InChI=1S/C20H21NO6/c1-21-17(11-9-14(25-2)18(27-4)15(10-11)26-3)16(20(23)24)12-7-5-6-8-13(12)19(21)22/h5-10,16-17H,1-4H3,(H,23,24)/t16-,17-/m0/s1. The molecule has 0 unspecified atom stereocenters. The van der Waals surface area contributed by atoms with Crippen molar-refractivity contribution in [1.82, 2.24) is 4.90 Å². The molecule has 1 aliphatic heterocycles. The average Bonchev–Trinajstić information content (AvgIpc) is 2.68. The van der Waals surface area contributed by atoms with Gasteiger partial charge in [-0.15, -0.1) is 0 Å².